The lowest BCUT2D eigenvalue weighted by Gasteiger charge is -2.18. The van der Waals surface area contributed by atoms with Crippen LogP contribution in [0.4, 0.5) is 13.2 Å². The maximum atomic E-state index is 12.6. The van der Waals surface area contributed by atoms with Gasteiger partial charge in [-0.25, -0.2) is 0 Å². The average molecular weight is 387 g/mol. The van der Waals surface area contributed by atoms with Crippen molar-refractivity contribution in [2.24, 2.45) is 0 Å². The number of aromatic nitrogens is 2. The highest BCUT2D eigenvalue weighted by atomic mass is 19.4. The van der Waals surface area contributed by atoms with Crippen molar-refractivity contribution in [3.05, 3.63) is 66.1 Å². The molecular weight excluding hydrogens is 371 g/mol. The van der Waals surface area contributed by atoms with Crippen LogP contribution in [-0.2, 0) is 6.18 Å². The van der Waals surface area contributed by atoms with Gasteiger partial charge < -0.3 is 9.64 Å². The molecule has 3 heterocycles. The quantitative estimate of drug-likeness (QED) is 0.683. The third kappa shape index (κ3) is 3.62. The Labute approximate surface area is 158 Å². The molecule has 2 aromatic heterocycles. The molecule has 1 amide bonds. The highest BCUT2D eigenvalue weighted by molar-refractivity contribution is 5.94. The zero-order chi connectivity index (χ0) is 19.7. The maximum absolute atomic E-state index is 12.6. The first-order valence-corrected chi connectivity index (χ1v) is 8.75. The number of benzene rings is 1. The van der Waals surface area contributed by atoms with E-state index in [4.69, 9.17) is 4.74 Å². The van der Waals surface area contributed by atoms with Crippen LogP contribution in [0.15, 0.2) is 54.9 Å². The third-order valence-electron chi connectivity index (χ3n) is 4.62. The molecule has 0 bridgehead atoms. The summed E-state index contributed by atoms with van der Waals surface area (Å²) in [5, 5.41) is 0.960. The first kappa shape index (κ1) is 18.2. The molecule has 3 aromatic rings. The molecule has 0 radical (unpaired) electrons. The molecule has 0 saturated carbocycles. The van der Waals surface area contributed by atoms with Crippen molar-refractivity contribution in [2.75, 3.05) is 13.1 Å². The molecular formula is C20H16F3N3O2. The SMILES string of the molecule is O=C(c1ccc(C(F)(F)F)nc1)N1CCC(Oc2cccc3cccnc23)C1. The van der Waals surface area contributed by atoms with Crippen molar-refractivity contribution in [3.8, 4) is 5.75 Å². The van der Waals surface area contributed by atoms with E-state index in [9.17, 15) is 18.0 Å². The van der Waals surface area contributed by atoms with E-state index in [2.05, 4.69) is 9.97 Å². The number of hydrogen-bond acceptors (Lipinski definition) is 4. The average Bonchev–Trinajstić information content (AvgIpc) is 3.16. The van der Waals surface area contributed by atoms with Gasteiger partial charge in [-0.1, -0.05) is 18.2 Å². The van der Waals surface area contributed by atoms with Crippen LogP contribution in [0.2, 0.25) is 0 Å². The summed E-state index contributed by atoms with van der Waals surface area (Å²) in [5.74, 6) is 0.289. The lowest BCUT2D eigenvalue weighted by atomic mass is 10.2. The van der Waals surface area contributed by atoms with E-state index in [0.717, 1.165) is 29.2 Å². The van der Waals surface area contributed by atoms with Crippen LogP contribution >= 0.6 is 0 Å². The number of rotatable bonds is 3. The predicted molar refractivity (Wildman–Crippen MR) is 95.9 cm³/mol. The Balaban J connectivity index is 1.44. The summed E-state index contributed by atoms with van der Waals surface area (Å²) in [6, 6.07) is 11.4. The fraction of sp³-hybridized carbons (Fsp3) is 0.250. The molecule has 1 unspecified atom stereocenters. The number of amides is 1. The van der Waals surface area contributed by atoms with E-state index in [1.54, 1.807) is 11.1 Å². The summed E-state index contributed by atoms with van der Waals surface area (Å²) in [6.07, 6.45) is -1.45. The van der Waals surface area contributed by atoms with Gasteiger partial charge in [-0.3, -0.25) is 14.8 Å². The van der Waals surface area contributed by atoms with E-state index in [1.807, 2.05) is 30.3 Å². The maximum Gasteiger partial charge on any atom is 0.433 e. The number of para-hydroxylation sites is 1. The standard InChI is InChI=1S/C20H16F3N3O2/c21-20(22,23)17-7-6-14(11-25-17)19(27)26-10-8-15(12-26)28-16-5-1-3-13-4-2-9-24-18(13)16/h1-7,9,11,15H,8,10,12H2. The third-order valence-corrected chi connectivity index (χ3v) is 4.62. The van der Waals surface area contributed by atoms with Crippen LogP contribution in [0.25, 0.3) is 10.9 Å². The van der Waals surface area contributed by atoms with Crippen molar-refractivity contribution in [1.82, 2.24) is 14.9 Å². The van der Waals surface area contributed by atoms with Gasteiger partial charge in [0, 0.05) is 30.7 Å². The number of halogens is 3. The Morgan fingerprint density at radius 2 is 1.93 bits per heavy atom. The highest BCUT2D eigenvalue weighted by Gasteiger charge is 2.33. The molecule has 4 rings (SSSR count). The molecule has 0 aliphatic carbocycles. The van der Waals surface area contributed by atoms with Gasteiger partial charge in [-0.05, 0) is 24.3 Å². The predicted octanol–water partition coefficient (Wildman–Crippen LogP) is 3.94. The van der Waals surface area contributed by atoms with Crippen molar-refractivity contribution in [2.45, 2.75) is 18.7 Å². The van der Waals surface area contributed by atoms with Gasteiger partial charge in [0.2, 0.25) is 0 Å². The number of likely N-dealkylation sites (tertiary alicyclic amines) is 1. The van der Waals surface area contributed by atoms with Crippen molar-refractivity contribution < 1.29 is 22.7 Å². The fourth-order valence-corrected chi connectivity index (χ4v) is 3.23. The number of alkyl halides is 3. The van der Waals surface area contributed by atoms with E-state index >= 15 is 0 Å². The molecule has 0 spiro atoms. The van der Waals surface area contributed by atoms with Crippen LogP contribution in [-0.4, -0.2) is 40.0 Å². The molecule has 0 N–H and O–H groups in total. The molecule has 5 nitrogen and oxygen atoms in total. The van der Waals surface area contributed by atoms with Gasteiger partial charge in [0.05, 0.1) is 12.1 Å². The van der Waals surface area contributed by atoms with Gasteiger partial charge >= 0.3 is 6.18 Å². The summed E-state index contributed by atoms with van der Waals surface area (Å²) in [7, 11) is 0. The highest BCUT2D eigenvalue weighted by Crippen LogP contribution is 2.28. The zero-order valence-corrected chi connectivity index (χ0v) is 14.7. The fourth-order valence-electron chi connectivity index (χ4n) is 3.23. The molecule has 1 fully saturated rings. The van der Waals surface area contributed by atoms with E-state index < -0.39 is 11.9 Å². The minimum atomic E-state index is -4.53. The molecule has 8 heteroatoms. The van der Waals surface area contributed by atoms with Crippen LogP contribution < -0.4 is 4.74 Å². The number of pyridine rings is 2. The molecule has 1 aliphatic heterocycles. The van der Waals surface area contributed by atoms with Crippen molar-refractivity contribution >= 4 is 16.8 Å². The Hall–Kier alpha value is -3.16. The number of carbonyl (C=O) groups is 1. The summed E-state index contributed by atoms with van der Waals surface area (Å²) >= 11 is 0. The van der Waals surface area contributed by atoms with Crippen molar-refractivity contribution in [3.63, 3.8) is 0 Å². The minimum absolute atomic E-state index is 0.125. The van der Waals surface area contributed by atoms with Crippen LogP contribution in [0.3, 0.4) is 0 Å². The van der Waals surface area contributed by atoms with Crippen LogP contribution in [0.5, 0.6) is 5.75 Å². The van der Waals surface area contributed by atoms with E-state index in [0.29, 0.717) is 25.3 Å². The summed E-state index contributed by atoms with van der Waals surface area (Å²) in [6.45, 7) is 0.811. The molecule has 1 atom stereocenters. The zero-order valence-electron chi connectivity index (χ0n) is 14.7. The second kappa shape index (κ2) is 7.10. The van der Waals surface area contributed by atoms with Crippen LogP contribution in [0.1, 0.15) is 22.5 Å². The van der Waals surface area contributed by atoms with Gasteiger partial charge in [0.25, 0.3) is 5.91 Å². The van der Waals surface area contributed by atoms with Gasteiger partial charge in [0.15, 0.2) is 0 Å². The van der Waals surface area contributed by atoms with E-state index in [-0.39, 0.29) is 17.6 Å². The van der Waals surface area contributed by atoms with Gasteiger partial charge in [-0.15, -0.1) is 0 Å². The van der Waals surface area contributed by atoms with Gasteiger partial charge in [0.1, 0.15) is 23.1 Å². The first-order chi connectivity index (χ1) is 13.4. The smallest absolute Gasteiger partial charge is 0.433 e. The summed E-state index contributed by atoms with van der Waals surface area (Å²) < 4.78 is 43.9. The minimum Gasteiger partial charge on any atom is -0.486 e. The number of hydrogen-bond donors (Lipinski definition) is 0. The summed E-state index contributed by atoms with van der Waals surface area (Å²) in [4.78, 5) is 21.8. The topological polar surface area (TPSA) is 55.3 Å². The number of ether oxygens (including phenoxy) is 1. The summed E-state index contributed by atoms with van der Waals surface area (Å²) in [5.41, 5.74) is -0.141. The number of nitrogens with zero attached hydrogens (tertiary/aromatic N) is 3. The Kier molecular flexibility index (Phi) is 4.62. The lowest BCUT2D eigenvalue weighted by molar-refractivity contribution is -0.141. The van der Waals surface area contributed by atoms with Crippen LogP contribution in [0, 0.1) is 0 Å². The number of carbonyl (C=O) groups excluding carboxylic acids is 1. The normalized spacial score (nSPS) is 17.1. The Morgan fingerprint density at radius 1 is 1.11 bits per heavy atom. The second-order valence-electron chi connectivity index (χ2n) is 6.54. The molecule has 28 heavy (non-hydrogen) atoms. The Morgan fingerprint density at radius 3 is 2.68 bits per heavy atom. The monoisotopic (exact) mass is 387 g/mol. The molecule has 1 saturated heterocycles. The van der Waals surface area contributed by atoms with Gasteiger partial charge in [-0.2, -0.15) is 13.2 Å². The first-order valence-electron chi connectivity index (χ1n) is 8.75. The lowest BCUT2D eigenvalue weighted by Crippen LogP contribution is -2.31. The molecule has 144 valence electrons. The number of fused-ring (bicyclic) bond motifs is 1. The van der Waals surface area contributed by atoms with E-state index in [1.165, 1.54) is 0 Å². The Bertz CT molecular complexity index is 1000. The van der Waals surface area contributed by atoms with Crippen molar-refractivity contribution in [1.29, 1.82) is 0 Å². The second-order valence-corrected chi connectivity index (χ2v) is 6.54. The molecule has 1 aliphatic rings. The molecule has 1 aromatic carbocycles. The largest absolute Gasteiger partial charge is 0.486 e.